The number of unbranched alkanes of at least 4 members (excludes halogenated alkanes) is 3. The minimum Gasteiger partial charge on any atom is -0.350 e. The third-order valence-corrected chi connectivity index (χ3v) is 7.80. The molecular weight excluding hydrogens is 400 g/mol. The molecule has 2 fully saturated rings. The monoisotopic (exact) mass is 452 g/mol. The van der Waals surface area contributed by atoms with Gasteiger partial charge in [-0.05, 0) is 64.2 Å². The maximum Gasteiger partial charge on any atom is 0.220 e. The second kappa shape index (κ2) is 14.9. The number of likely N-dealkylation sites (N-methyl/N-ethyl adjacent to an activating group) is 2. The molecule has 0 spiro atoms. The molecule has 0 aromatic carbocycles. The number of hydrogen-bond donors (Lipinski definition) is 2. The molecule has 6 nitrogen and oxygen atoms in total. The van der Waals surface area contributed by atoms with Gasteiger partial charge in [-0.2, -0.15) is 0 Å². The van der Waals surface area contributed by atoms with Crippen molar-refractivity contribution in [2.45, 2.75) is 89.9 Å². The molecule has 6 heteroatoms. The SMILES string of the molecule is C[N+]1(CCNC(=O)CCCCCCC(=O)NCC[N+]2(C)CCCCCC2)CCCCCC1. The second-order valence-corrected chi connectivity index (χ2v) is 11.0. The lowest BCUT2D eigenvalue weighted by Gasteiger charge is -2.33. The minimum absolute atomic E-state index is 0.189. The fourth-order valence-corrected chi connectivity index (χ4v) is 5.38. The Morgan fingerprint density at radius 2 is 0.906 bits per heavy atom. The summed E-state index contributed by atoms with van der Waals surface area (Å²) in [6.45, 7) is 8.71. The average Bonchev–Trinajstić information content (AvgIpc) is 3.10. The van der Waals surface area contributed by atoms with E-state index in [1.807, 2.05) is 0 Å². The smallest absolute Gasteiger partial charge is 0.220 e. The van der Waals surface area contributed by atoms with E-state index in [-0.39, 0.29) is 11.8 Å². The predicted octanol–water partition coefficient (Wildman–Crippen LogP) is 3.60. The highest BCUT2D eigenvalue weighted by atomic mass is 16.2. The largest absolute Gasteiger partial charge is 0.350 e. The fourth-order valence-electron chi connectivity index (χ4n) is 5.38. The van der Waals surface area contributed by atoms with Crippen molar-refractivity contribution in [1.82, 2.24) is 10.6 Å². The van der Waals surface area contributed by atoms with Crippen LogP contribution >= 0.6 is 0 Å². The number of amides is 2. The van der Waals surface area contributed by atoms with Gasteiger partial charge >= 0.3 is 0 Å². The zero-order valence-corrected chi connectivity index (χ0v) is 21.3. The lowest BCUT2D eigenvalue weighted by atomic mass is 10.1. The van der Waals surface area contributed by atoms with E-state index in [0.717, 1.165) is 60.8 Å². The van der Waals surface area contributed by atoms with Gasteiger partial charge in [-0.3, -0.25) is 9.59 Å². The number of quaternary nitrogens is 2. The molecule has 2 rings (SSSR count). The van der Waals surface area contributed by atoms with Gasteiger partial charge in [0.1, 0.15) is 0 Å². The lowest BCUT2D eigenvalue weighted by Crippen LogP contribution is -2.49. The van der Waals surface area contributed by atoms with Crippen molar-refractivity contribution in [3.05, 3.63) is 0 Å². The first-order valence-corrected chi connectivity index (χ1v) is 13.6. The molecular formula is C26H52N4O2+2. The van der Waals surface area contributed by atoms with E-state index < -0.39 is 0 Å². The van der Waals surface area contributed by atoms with Crippen LogP contribution in [0.3, 0.4) is 0 Å². The first-order valence-electron chi connectivity index (χ1n) is 13.6. The van der Waals surface area contributed by atoms with E-state index in [1.165, 1.54) is 77.5 Å². The topological polar surface area (TPSA) is 58.2 Å². The predicted molar refractivity (Wildman–Crippen MR) is 132 cm³/mol. The number of nitrogens with one attached hydrogen (secondary N) is 2. The summed E-state index contributed by atoms with van der Waals surface area (Å²) in [5.74, 6) is 0.378. The van der Waals surface area contributed by atoms with Gasteiger partial charge in [0, 0.05) is 12.8 Å². The van der Waals surface area contributed by atoms with E-state index in [4.69, 9.17) is 0 Å². The first-order chi connectivity index (χ1) is 15.4. The standard InChI is InChI=1S/C26H50N4O2/c1-29(19-11-5-6-12-20-29)23-17-27-25(31)15-9-3-4-10-16-26(32)28-18-24-30(2)21-13-7-8-14-22-30/h3-24H2,1-2H3/p+2. The minimum atomic E-state index is 0.189. The molecule has 0 atom stereocenters. The number of carbonyl (C=O) groups excluding carboxylic acids is 2. The molecule has 186 valence electrons. The molecule has 2 heterocycles. The van der Waals surface area contributed by atoms with Crippen LogP contribution in [0.5, 0.6) is 0 Å². The quantitative estimate of drug-likeness (QED) is 0.331. The maximum atomic E-state index is 12.1. The van der Waals surface area contributed by atoms with Gasteiger partial charge in [-0.1, -0.05) is 12.8 Å². The number of likely N-dealkylation sites (tertiary alicyclic amines) is 2. The summed E-state index contributed by atoms with van der Waals surface area (Å²) in [5.41, 5.74) is 0. The van der Waals surface area contributed by atoms with Gasteiger partial charge in [0.05, 0.1) is 66.5 Å². The maximum absolute atomic E-state index is 12.1. The van der Waals surface area contributed by atoms with Crippen molar-refractivity contribution < 1.29 is 18.6 Å². The van der Waals surface area contributed by atoms with Gasteiger partial charge in [0.15, 0.2) is 0 Å². The van der Waals surface area contributed by atoms with Crippen LogP contribution in [0.2, 0.25) is 0 Å². The van der Waals surface area contributed by atoms with Crippen molar-refractivity contribution in [1.29, 1.82) is 0 Å². The number of carbonyl (C=O) groups is 2. The summed E-state index contributed by atoms with van der Waals surface area (Å²) >= 11 is 0. The van der Waals surface area contributed by atoms with Crippen molar-refractivity contribution >= 4 is 11.8 Å². The van der Waals surface area contributed by atoms with Crippen LogP contribution in [0, 0.1) is 0 Å². The Bertz CT molecular complexity index is 488. The third kappa shape index (κ3) is 11.6. The van der Waals surface area contributed by atoms with Gasteiger partial charge in [0.2, 0.25) is 11.8 Å². The Labute approximate surface area is 197 Å². The van der Waals surface area contributed by atoms with Crippen LogP contribution < -0.4 is 10.6 Å². The number of nitrogens with zero attached hydrogens (tertiary/aromatic N) is 2. The number of hydrogen-bond acceptors (Lipinski definition) is 2. The molecule has 0 saturated carbocycles. The summed E-state index contributed by atoms with van der Waals surface area (Å²) in [6, 6.07) is 0. The second-order valence-electron chi connectivity index (χ2n) is 11.0. The Kier molecular flexibility index (Phi) is 12.6. The highest BCUT2D eigenvalue weighted by Crippen LogP contribution is 2.16. The molecule has 0 radical (unpaired) electrons. The number of rotatable bonds is 13. The van der Waals surface area contributed by atoms with E-state index in [0.29, 0.717) is 12.8 Å². The van der Waals surface area contributed by atoms with E-state index in [9.17, 15) is 9.59 Å². The molecule has 2 aliphatic heterocycles. The zero-order valence-electron chi connectivity index (χ0n) is 21.3. The average molecular weight is 453 g/mol. The molecule has 2 saturated heterocycles. The van der Waals surface area contributed by atoms with Crippen LogP contribution in [0.15, 0.2) is 0 Å². The Morgan fingerprint density at radius 1 is 0.562 bits per heavy atom. The van der Waals surface area contributed by atoms with Gasteiger partial charge in [0.25, 0.3) is 0 Å². The van der Waals surface area contributed by atoms with Crippen molar-refractivity contribution in [2.75, 3.05) is 66.5 Å². The Balaban J connectivity index is 1.42. The third-order valence-electron chi connectivity index (χ3n) is 7.80. The van der Waals surface area contributed by atoms with Gasteiger partial charge in [-0.25, -0.2) is 0 Å². The summed E-state index contributed by atoms with van der Waals surface area (Å²) in [7, 11) is 4.68. The lowest BCUT2D eigenvalue weighted by molar-refractivity contribution is -0.907. The summed E-state index contributed by atoms with van der Waals surface area (Å²) in [5, 5.41) is 6.24. The molecule has 0 aliphatic carbocycles. The highest BCUT2D eigenvalue weighted by Gasteiger charge is 2.23. The van der Waals surface area contributed by atoms with Crippen molar-refractivity contribution in [2.24, 2.45) is 0 Å². The molecule has 32 heavy (non-hydrogen) atoms. The highest BCUT2D eigenvalue weighted by molar-refractivity contribution is 5.76. The molecule has 0 unspecified atom stereocenters. The van der Waals surface area contributed by atoms with E-state index in [1.54, 1.807) is 0 Å². The van der Waals surface area contributed by atoms with Crippen LogP contribution in [-0.4, -0.2) is 87.2 Å². The molecule has 2 amide bonds. The summed E-state index contributed by atoms with van der Waals surface area (Å²) in [6.07, 6.45) is 15.9. The molecule has 0 aromatic heterocycles. The first kappa shape index (κ1) is 27.1. The molecule has 0 aromatic rings. The van der Waals surface area contributed by atoms with Crippen LogP contribution in [0.1, 0.15) is 89.9 Å². The van der Waals surface area contributed by atoms with Crippen LogP contribution in [-0.2, 0) is 9.59 Å². The van der Waals surface area contributed by atoms with Gasteiger partial charge < -0.3 is 19.6 Å². The summed E-state index contributed by atoms with van der Waals surface area (Å²) < 4.78 is 2.22. The Hall–Kier alpha value is -1.14. The zero-order chi connectivity index (χ0) is 23.1. The van der Waals surface area contributed by atoms with E-state index in [2.05, 4.69) is 24.7 Å². The van der Waals surface area contributed by atoms with Crippen molar-refractivity contribution in [3.8, 4) is 0 Å². The van der Waals surface area contributed by atoms with E-state index >= 15 is 0 Å². The molecule has 2 N–H and O–H groups in total. The van der Waals surface area contributed by atoms with Crippen LogP contribution in [0.25, 0.3) is 0 Å². The fraction of sp³-hybridized carbons (Fsp3) is 0.923. The van der Waals surface area contributed by atoms with Crippen molar-refractivity contribution in [3.63, 3.8) is 0 Å². The van der Waals surface area contributed by atoms with Crippen LogP contribution in [0.4, 0.5) is 0 Å². The van der Waals surface area contributed by atoms with Gasteiger partial charge in [-0.15, -0.1) is 0 Å². The summed E-state index contributed by atoms with van der Waals surface area (Å²) in [4.78, 5) is 24.2. The Morgan fingerprint density at radius 3 is 1.25 bits per heavy atom. The molecule has 2 aliphatic rings. The normalized spacial score (nSPS) is 20.7. The molecule has 0 bridgehead atoms.